The Morgan fingerprint density at radius 1 is 0.776 bits per heavy atom. The maximum atomic E-state index is 13.0. The van der Waals surface area contributed by atoms with Crippen LogP contribution >= 0.6 is 35.3 Å². The smallest absolute Gasteiger partial charge is 0.320 e. The van der Waals surface area contributed by atoms with E-state index in [9.17, 15) is 28.2 Å². The summed E-state index contributed by atoms with van der Waals surface area (Å²) in [6, 6.07) is 10.3. The lowest BCUT2D eigenvalue weighted by Crippen LogP contribution is -2.30. The Morgan fingerprint density at radius 2 is 1.20 bits per heavy atom. The Labute approximate surface area is 300 Å². The average Bonchev–Trinajstić information content (AvgIpc) is 3.73. The van der Waals surface area contributed by atoms with Crippen molar-refractivity contribution in [3.63, 3.8) is 0 Å². The van der Waals surface area contributed by atoms with E-state index in [-0.39, 0.29) is 48.5 Å². The number of hydrogen-bond donors (Lipinski definition) is 2. The largest absolute Gasteiger partial charge is 0.480 e. The first-order valence-corrected chi connectivity index (χ1v) is 19.9. The van der Waals surface area contributed by atoms with E-state index >= 15 is 0 Å². The van der Waals surface area contributed by atoms with Gasteiger partial charge >= 0.3 is 5.97 Å². The van der Waals surface area contributed by atoms with Gasteiger partial charge in [0, 0.05) is 38.2 Å². The Morgan fingerprint density at radius 3 is 1.59 bits per heavy atom. The number of aliphatic carboxylic acids is 1. The molecule has 0 aliphatic carbocycles. The van der Waals surface area contributed by atoms with Crippen LogP contribution in [-0.2, 0) is 47.6 Å². The highest BCUT2D eigenvalue weighted by Gasteiger charge is 2.28. The summed E-state index contributed by atoms with van der Waals surface area (Å²) in [6.07, 6.45) is 3.14. The van der Waals surface area contributed by atoms with Gasteiger partial charge in [0.25, 0.3) is 0 Å². The number of fused-ring (bicyclic) bond motifs is 2. The molecule has 268 valence electrons. The number of hydrogen-bond acceptors (Lipinski definition) is 14. The molecule has 0 aromatic heterocycles. The van der Waals surface area contributed by atoms with Crippen molar-refractivity contribution in [3.05, 3.63) is 47.5 Å². The molecule has 3 atom stereocenters. The van der Waals surface area contributed by atoms with E-state index in [4.69, 9.17) is 29.8 Å². The summed E-state index contributed by atoms with van der Waals surface area (Å²) in [6.45, 7) is 3.18. The molecule has 0 fully saturated rings. The van der Waals surface area contributed by atoms with Crippen molar-refractivity contribution in [1.82, 2.24) is 0 Å². The number of carboxylic acids is 1. The molecule has 2 aliphatic heterocycles. The fourth-order valence-corrected chi connectivity index (χ4v) is 7.70. The highest BCUT2D eigenvalue weighted by Crippen LogP contribution is 2.35. The summed E-state index contributed by atoms with van der Waals surface area (Å²) in [7, 11) is -2.35. The number of carboxylic acid groups (broad SMARTS) is 1. The summed E-state index contributed by atoms with van der Waals surface area (Å²) in [5, 5.41) is 6.77. The van der Waals surface area contributed by atoms with Gasteiger partial charge in [-0.25, -0.2) is 4.21 Å². The molecule has 0 amide bonds. The first kappa shape index (κ1) is 40.4. The lowest BCUT2D eigenvalue weighted by molar-refractivity contribution is -0.138. The van der Waals surface area contributed by atoms with Gasteiger partial charge in [0.2, 0.25) is 23.8 Å². The maximum Gasteiger partial charge on any atom is 0.320 e. The average molecular weight is 756 g/mol. The monoisotopic (exact) mass is 755 g/mol. The number of ether oxygens (including phenoxy) is 4. The van der Waals surface area contributed by atoms with Crippen molar-refractivity contribution in [3.8, 4) is 23.0 Å². The number of carbonyl (C=O) groups is 5. The number of carbonyl (C=O) groups excluding carboxylic acids is 4. The Kier molecular flexibility index (Phi) is 17.0. The van der Waals surface area contributed by atoms with Crippen molar-refractivity contribution in [2.45, 2.75) is 52.0 Å². The first-order valence-electron chi connectivity index (χ1n) is 15.3. The number of nitrogens with two attached hydrogens (primary N) is 1. The molecule has 0 radical (unpaired) electrons. The molecular formula is C33H41NO11S4. The Bertz CT molecular complexity index is 1420. The summed E-state index contributed by atoms with van der Waals surface area (Å²) in [4.78, 5) is 59.3. The van der Waals surface area contributed by atoms with Gasteiger partial charge in [0.05, 0.1) is 0 Å². The molecule has 12 nitrogen and oxygen atoms in total. The highest BCUT2D eigenvalue weighted by atomic mass is 32.2. The third-order valence-electron chi connectivity index (χ3n) is 7.24. The van der Waals surface area contributed by atoms with E-state index < -0.39 is 33.0 Å². The van der Waals surface area contributed by atoms with Crippen LogP contribution in [0.1, 0.15) is 44.2 Å². The van der Waals surface area contributed by atoms with Crippen LogP contribution in [0.3, 0.4) is 0 Å². The van der Waals surface area contributed by atoms with Gasteiger partial charge in [-0.3, -0.25) is 24.0 Å². The minimum Gasteiger partial charge on any atom is -0.480 e. The zero-order chi connectivity index (χ0) is 35.9. The molecule has 4 rings (SSSR count). The standard InChI is InChI=1S/C28H30O9S3.C5H11NO2S/c1-17(29)38-13-21(7-19-3-5-23-25(9-19)36-15-34-23)11-27(31)40(33)28(32)12-22(14-39-18(2)30)8-20-4-6-24-26(10-20)37-16-35-24;1-9-3-2-4(6)5(7)8/h3-6,9-10,21-22H,7-8,11-16H2,1-2H3;4H,2-3,6H2,1H3,(H,7,8)/t;4-/m.0/s1. The van der Waals surface area contributed by atoms with Gasteiger partial charge in [-0.05, 0) is 78.5 Å². The predicted octanol–water partition coefficient (Wildman–Crippen LogP) is 4.45. The first-order chi connectivity index (χ1) is 23.4. The van der Waals surface area contributed by atoms with E-state index in [2.05, 4.69) is 0 Å². The Balaban J connectivity index is 0.000000635. The molecule has 2 unspecified atom stereocenters. The quantitative estimate of drug-likeness (QED) is 0.245. The van der Waals surface area contributed by atoms with E-state index in [0.717, 1.165) is 40.4 Å². The third-order valence-corrected chi connectivity index (χ3v) is 11.1. The fourth-order valence-electron chi connectivity index (χ4n) is 4.77. The molecule has 2 heterocycles. The molecule has 0 spiro atoms. The van der Waals surface area contributed by atoms with Crippen LogP contribution in [0.4, 0.5) is 0 Å². The molecule has 2 aromatic carbocycles. The van der Waals surface area contributed by atoms with Crippen LogP contribution in [0.15, 0.2) is 36.4 Å². The van der Waals surface area contributed by atoms with Crippen molar-refractivity contribution in [2.24, 2.45) is 17.6 Å². The fraction of sp³-hybridized carbons (Fsp3) is 0.485. The van der Waals surface area contributed by atoms with Gasteiger partial charge in [-0.1, -0.05) is 35.7 Å². The lowest BCUT2D eigenvalue weighted by Gasteiger charge is -2.17. The molecule has 3 N–H and O–H groups in total. The van der Waals surface area contributed by atoms with E-state index in [0.29, 0.717) is 53.8 Å². The van der Waals surface area contributed by atoms with Crippen LogP contribution in [0, 0.1) is 11.8 Å². The van der Waals surface area contributed by atoms with Crippen molar-refractivity contribution in [2.75, 3.05) is 37.1 Å². The van der Waals surface area contributed by atoms with E-state index in [1.54, 1.807) is 23.9 Å². The second-order valence-electron chi connectivity index (χ2n) is 11.3. The summed E-state index contributed by atoms with van der Waals surface area (Å²) in [5.41, 5.74) is 6.96. The van der Waals surface area contributed by atoms with Crippen LogP contribution in [0.5, 0.6) is 23.0 Å². The molecule has 49 heavy (non-hydrogen) atoms. The number of benzene rings is 2. The zero-order valence-electron chi connectivity index (χ0n) is 27.5. The minimum atomic E-state index is -2.35. The molecule has 0 saturated carbocycles. The summed E-state index contributed by atoms with van der Waals surface area (Å²) >= 11 is 3.79. The number of thioether (sulfide) groups is 3. The molecule has 2 aromatic rings. The van der Waals surface area contributed by atoms with Crippen LogP contribution in [0.2, 0.25) is 0 Å². The molecule has 0 bridgehead atoms. The molecule has 16 heteroatoms. The highest BCUT2D eigenvalue weighted by molar-refractivity contribution is 8.14. The lowest BCUT2D eigenvalue weighted by atomic mass is 9.98. The van der Waals surface area contributed by atoms with E-state index in [1.165, 1.54) is 13.8 Å². The second-order valence-corrected chi connectivity index (χ2v) is 16.1. The molecular weight excluding hydrogens is 715 g/mol. The summed E-state index contributed by atoms with van der Waals surface area (Å²) < 4.78 is 34.5. The van der Waals surface area contributed by atoms with Crippen LogP contribution in [-0.4, -0.2) is 78.9 Å². The SMILES string of the molecule is CC(=O)SCC(CC(=O)S(=O)C(=O)CC(CSC(C)=O)Cc1ccc2c(c1)OCO2)Cc1ccc2c(c1)OCO2.CSCC[C@H](N)C(=O)O. The normalized spacial score (nSPS) is 14.9. The maximum absolute atomic E-state index is 13.0. The summed E-state index contributed by atoms with van der Waals surface area (Å²) in [5.74, 6) is 2.48. The van der Waals surface area contributed by atoms with Gasteiger partial charge in [-0.15, -0.1) is 0 Å². The van der Waals surface area contributed by atoms with Gasteiger partial charge in [0.1, 0.15) is 6.04 Å². The van der Waals surface area contributed by atoms with E-state index in [1.807, 2.05) is 30.5 Å². The van der Waals surface area contributed by atoms with Crippen molar-refractivity contribution < 1.29 is 52.2 Å². The predicted molar refractivity (Wildman–Crippen MR) is 192 cm³/mol. The number of rotatable bonds is 16. The van der Waals surface area contributed by atoms with Gasteiger partial charge < -0.3 is 29.8 Å². The molecule has 0 saturated heterocycles. The minimum absolute atomic E-state index is 0.0883. The van der Waals surface area contributed by atoms with Crippen molar-refractivity contribution in [1.29, 1.82) is 0 Å². The second kappa shape index (κ2) is 20.6. The zero-order valence-corrected chi connectivity index (χ0v) is 30.8. The van der Waals surface area contributed by atoms with Crippen molar-refractivity contribution >= 4 is 72.5 Å². The molecule has 2 aliphatic rings. The third kappa shape index (κ3) is 14.0. The van der Waals surface area contributed by atoms with Gasteiger partial charge in [-0.2, -0.15) is 11.8 Å². The van der Waals surface area contributed by atoms with Crippen LogP contribution in [0.25, 0.3) is 0 Å². The van der Waals surface area contributed by atoms with Gasteiger partial charge in [0.15, 0.2) is 44.0 Å². The topological polar surface area (TPSA) is 186 Å². The Hall–Kier alpha value is -3.05. The van der Waals surface area contributed by atoms with Crippen LogP contribution < -0.4 is 24.7 Å².